The van der Waals surface area contributed by atoms with E-state index < -0.39 is 18.9 Å². The summed E-state index contributed by atoms with van der Waals surface area (Å²) in [7, 11) is 1.20. The van der Waals surface area contributed by atoms with Gasteiger partial charge < -0.3 is 4.74 Å². The molecule has 0 unspecified atom stereocenters. The predicted molar refractivity (Wildman–Crippen MR) is 46.7 cm³/mol. The molecule has 1 aromatic heterocycles. The van der Waals surface area contributed by atoms with Crippen molar-refractivity contribution in [1.82, 2.24) is 15.0 Å². The molecule has 7 heteroatoms. The lowest BCUT2D eigenvalue weighted by molar-refractivity contribution is 0.0592. The lowest BCUT2D eigenvalue weighted by Crippen LogP contribution is -2.13. The van der Waals surface area contributed by atoms with Gasteiger partial charge >= 0.3 is 5.97 Å². The maximum atomic E-state index is 12.1. The van der Waals surface area contributed by atoms with Crippen molar-refractivity contribution in [3.63, 3.8) is 0 Å². The standard InChI is InChI=1S/C8H11F2N3O2/c1-3-5-7(8(14)15-2)11-12-13(5)4-6(9)10/h6H,3-4H2,1-2H3. The molecule has 84 valence electrons. The molecule has 15 heavy (non-hydrogen) atoms. The summed E-state index contributed by atoms with van der Waals surface area (Å²) in [6.07, 6.45) is -2.13. The lowest BCUT2D eigenvalue weighted by atomic mass is 10.2. The van der Waals surface area contributed by atoms with E-state index in [0.717, 1.165) is 4.68 Å². The average Bonchev–Trinajstić information content (AvgIpc) is 2.58. The smallest absolute Gasteiger partial charge is 0.360 e. The molecule has 5 nitrogen and oxygen atoms in total. The predicted octanol–water partition coefficient (Wildman–Crippen LogP) is 0.892. The Bertz CT molecular complexity index is 352. The van der Waals surface area contributed by atoms with Gasteiger partial charge in [-0.25, -0.2) is 18.3 Å². The minimum atomic E-state index is -2.53. The van der Waals surface area contributed by atoms with Gasteiger partial charge in [-0.1, -0.05) is 12.1 Å². The molecule has 0 saturated carbocycles. The van der Waals surface area contributed by atoms with Crippen LogP contribution in [0.25, 0.3) is 0 Å². The van der Waals surface area contributed by atoms with Crippen LogP contribution in [0.5, 0.6) is 0 Å². The second-order valence-corrected chi connectivity index (χ2v) is 2.80. The summed E-state index contributed by atoms with van der Waals surface area (Å²) < 4.78 is 29.7. The molecule has 1 rings (SSSR count). The number of hydrogen-bond acceptors (Lipinski definition) is 4. The van der Waals surface area contributed by atoms with Crippen LogP contribution in [0.2, 0.25) is 0 Å². The third-order valence-corrected chi connectivity index (χ3v) is 1.86. The number of carbonyl (C=O) groups excluding carboxylic acids is 1. The van der Waals surface area contributed by atoms with E-state index in [9.17, 15) is 13.6 Å². The number of rotatable bonds is 4. The van der Waals surface area contributed by atoms with E-state index in [1.807, 2.05) is 0 Å². The quantitative estimate of drug-likeness (QED) is 0.706. The maximum Gasteiger partial charge on any atom is 0.360 e. The van der Waals surface area contributed by atoms with Gasteiger partial charge in [0, 0.05) is 0 Å². The number of aromatic nitrogens is 3. The molecule has 0 N–H and O–H groups in total. The van der Waals surface area contributed by atoms with E-state index in [2.05, 4.69) is 15.0 Å². The highest BCUT2D eigenvalue weighted by Gasteiger charge is 2.20. The van der Waals surface area contributed by atoms with E-state index in [1.54, 1.807) is 6.92 Å². The number of hydrogen-bond donors (Lipinski definition) is 0. The van der Waals surface area contributed by atoms with Crippen LogP contribution in [0.1, 0.15) is 23.1 Å². The van der Waals surface area contributed by atoms with Gasteiger partial charge in [0.05, 0.1) is 12.8 Å². The molecule has 1 aromatic rings. The third-order valence-electron chi connectivity index (χ3n) is 1.86. The zero-order valence-electron chi connectivity index (χ0n) is 8.41. The fourth-order valence-electron chi connectivity index (χ4n) is 1.22. The fraction of sp³-hybridized carbons (Fsp3) is 0.625. The number of alkyl halides is 2. The molecule has 0 spiro atoms. The highest BCUT2D eigenvalue weighted by molar-refractivity contribution is 5.88. The highest BCUT2D eigenvalue weighted by atomic mass is 19.3. The molecule has 0 bridgehead atoms. The minimum absolute atomic E-state index is 0.000602. The van der Waals surface area contributed by atoms with Crippen molar-refractivity contribution >= 4 is 5.97 Å². The second kappa shape index (κ2) is 4.81. The summed E-state index contributed by atoms with van der Waals surface area (Å²) in [6, 6.07) is 0. The Morgan fingerprint density at radius 3 is 2.73 bits per heavy atom. The van der Waals surface area contributed by atoms with Crippen molar-refractivity contribution in [2.24, 2.45) is 0 Å². The Morgan fingerprint density at radius 1 is 1.60 bits per heavy atom. The molecule has 0 radical (unpaired) electrons. The number of carbonyl (C=O) groups is 1. The van der Waals surface area contributed by atoms with Gasteiger partial charge in [-0.2, -0.15) is 0 Å². The van der Waals surface area contributed by atoms with Crippen molar-refractivity contribution in [2.75, 3.05) is 7.11 Å². The largest absolute Gasteiger partial charge is 0.464 e. The topological polar surface area (TPSA) is 57.0 Å². The van der Waals surface area contributed by atoms with Crippen LogP contribution in [-0.4, -0.2) is 34.5 Å². The van der Waals surface area contributed by atoms with Crippen molar-refractivity contribution in [2.45, 2.75) is 26.3 Å². The van der Waals surface area contributed by atoms with Crippen LogP contribution < -0.4 is 0 Å². The molecular weight excluding hydrogens is 208 g/mol. The number of ether oxygens (including phenoxy) is 1. The van der Waals surface area contributed by atoms with Gasteiger partial charge in [0.25, 0.3) is 6.43 Å². The lowest BCUT2D eigenvalue weighted by Gasteiger charge is -2.03. The Labute approximate surface area is 85.0 Å². The van der Waals surface area contributed by atoms with Crippen LogP contribution in [0.15, 0.2) is 0 Å². The van der Waals surface area contributed by atoms with Crippen molar-refractivity contribution in [1.29, 1.82) is 0 Å². The van der Waals surface area contributed by atoms with Gasteiger partial charge in [0.15, 0.2) is 5.69 Å². The molecule has 0 aromatic carbocycles. The van der Waals surface area contributed by atoms with Crippen LogP contribution in [0.3, 0.4) is 0 Å². The zero-order valence-corrected chi connectivity index (χ0v) is 8.41. The number of methoxy groups -OCH3 is 1. The molecule has 0 aliphatic carbocycles. The van der Waals surface area contributed by atoms with Crippen LogP contribution in [-0.2, 0) is 17.7 Å². The average molecular weight is 219 g/mol. The normalized spacial score (nSPS) is 10.7. The summed E-state index contributed by atoms with van der Waals surface area (Å²) in [6.45, 7) is 1.17. The SMILES string of the molecule is CCc1c(C(=O)OC)nnn1CC(F)F. The molecule has 0 amide bonds. The number of nitrogens with zero attached hydrogens (tertiary/aromatic N) is 3. The summed E-state index contributed by atoms with van der Waals surface area (Å²) in [4.78, 5) is 11.2. The molecule has 0 aliphatic rings. The highest BCUT2D eigenvalue weighted by Crippen LogP contribution is 2.09. The summed E-state index contributed by atoms with van der Waals surface area (Å²) >= 11 is 0. The van der Waals surface area contributed by atoms with Crippen LogP contribution in [0.4, 0.5) is 8.78 Å². The van der Waals surface area contributed by atoms with E-state index in [0.29, 0.717) is 12.1 Å². The van der Waals surface area contributed by atoms with E-state index in [4.69, 9.17) is 0 Å². The maximum absolute atomic E-state index is 12.1. The van der Waals surface area contributed by atoms with Gasteiger partial charge in [-0.15, -0.1) is 5.10 Å². The van der Waals surface area contributed by atoms with E-state index >= 15 is 0 Å². The Balaban J connectivity index is 3.00. The van der Waals surface area contributed by atoms with Crippen molar-refractivity contribution in [3.05, 3.63) is 11.4 Å². The van der Waals surface area contributed by atoms with Gasteiger partial charge in [-0.05, 0) is 6.42 Å². The molecule has 0 fully saturated rings. The first-order valence-electron chi connectivity index (χ1n) is 4.39. The molecule has 0 atom stereocenters. The fourth-order valence-corrected chi connectivity index (χ4v) is 1.22. The van der Waals surface area contributed by atoms with Crippen molar-refractivity contribution in [3.8, 4) is 0 Å². The van der Waals surface area contributed by atoms with Gasteiger partial charge in [0.1, 0.15) is 6.54 Å². The minimum Gasteiger partial charge on any atom is -0.464 e. The second-order valence-electron chi connectivity index (χ2n) is 2.80. The molecule has 0 saturated heterocycles. The molecule has 0 aliphatic heterocycles. The molecule has 1 heterocycles. The summed E-state index contributed by atoms with van der Waals surface area (Å²) in [5.74, 6) is -0.660. The van der Waals surface area contributed by atoms with Crippen molar-refractivity contribution < 1.29 is 18.3 Å². The first kappa shape index (κ1) is 11.5. The van der Waals surface area contributed by atoms with E-state index in [-0.39, 0.29) is 5.69 Å². The first-order valence-corrected chi connectivity index (χ1v) is 4.39. The number of esters is 1. The first-order chi connectivity index (χ1) is 7.10. The number of halogens is 2. The Hall–Kier alpha value is -1.53. The summed E-state index contributed by atoms with van der Waals surface area (Å²) in [5.41, 5.74) is 0.364. The van der Waals surface area contributed by atoms with Gasteiger partial charge in [-0.3, -0.25) is 0 Å². The Morgan fingerprint density at radius 2 is 2.27 bits per heavy atom. The third kappa shape index (κ3) is 2.48. The zero-order chi connectivity index (χ0) is 11.4. The summed E-state index contributed by atoms with van der Waals surface area (Å²) in [5, 5.41) is 7.00. The molecular formula is C8H11F2N3O2. The monoisotopic (exact) mass is 219 g/mol. The Kier molecular flexibility index (Phi) is 3.70. The van der Waals surface area contributed by atoms with Gasteiger partial charge in [0.2, 0.25) is 0 Å². The van der Waals surface area contributed by atoms with Crippen LogP contribution >= 0.6 is 0 Å². The van der Waals surface area contributed by atoms with Crippen LogP contribution in [0, 0.1) is 0 Å². The van der Waals surface area contributed by atoms with E-state index in [1.165, 1.54) is 7.11 Å².